The molecule has 2 rings (SSSR count). The molecule has 0 unspecified atom stereocenters. The molecule has 1 aliphatic rings. The average molecular weight is 146 g/mol. The van der Waals surface area contributed by atoms with Crippen molar-refractivity contribution in [2.45, 2.75) is 13.0 Å². The molecule has 0 amide bonds. The number of aromatic nitrogens is 1. The van der Waals surface area contributed by atoms with Gasteiger partial charge in [-0.15, -0.1) is 0 Å². The lowest BCUT2D eigenvalue weighted by Gasteiger charge is -1.94. The molecule has 1 aromatic rings. The average Bonchev–Trinajstić information content (AvgIpc) is 2.53. The fraction of sp³-hybridized carbons (Fsp3) is 0.250. The van der Waals surface area contributed by atoms with E-state index in [-0.39, 0.29) is 5.78 Å². The molecule has 0 spiro atoms. The number of Topliss-reactive ketones (excluding diaryl/α,β-unsaturated/α-hetero) is 1. The highest BCUT2D eigenvalue weighted by molar-refractivity contribution is 5.96. The van der Waals surface area contributed by atoms with Gasteiger partial charge in [0.1, 0.15) is 11.8 Å². The van der Waals surface area contributed by atoms with Crippen LogP contribution in [0.1, 0.15) is 22.6 Å². The molecule has 54 valence electrons. The third kappa shape index (κ3) is 0.695. The van der Waals surface area contributed by atoms with E-state index in [0.29, 0.717) is 24.4 Å². The highest BCUT2D eigenvalue weighted by Crippen LogP contribution is 2.17. The Balaban J connectivity index is 2.63. The molecule has 0 bridgehead atoms. The smallest absolute Gasteiger partial charge is 0.181 e. The van der Waals surface area contributed by atoms with Gasteiger partial charge >= 0.3 is 0 Å². The number of nitrogens with zero attached hydrogens (tertiary/aromatic N) is 2. The summed E-state index contributed by atoms with van der Waals surface area (Å²) in [6.45, 7) is 0.671. The quantitative estimate of drug-likeness (QED) is 0.547. The van der Waals surface area contributed by atoms with Gasteiger partial charge in [-0.1, -0.05) is 0 Å². The zero-order valence-corrected chi connectivity index (χ0v) is 5.87. The minimum atomic E-state index is 0.145. The number of carbonyl (C=O) groups is 1. The maximum absolute atomic E-state index is 11.1. The van der Waals surface area contributed by atoms with Gasteiger partial charge in [-0.25, -0.2) is 0 Å². The maximum atomic E-state index is 11.1. The van der Waals surface area contributed by atoms with Gasteiger partial charge in [0, 0.05) is 13.0 Å². The summed E-state index contributed by atoms with van der Waals surface area (Å²) in [5.41, 5.74) is 1.27. The van der Waals surface area contributed by atoms with Crippen LogP contribution in [-0.4, -0.2) is 10.4 Å². The van der Waals surface area contributed by atoms with Crippen molar-refractivity contribution >= 4 is 5.78 Å². The van der Waals surface area contributed by atoms with Crippen LogP contribution in [-0.2, 0) is 6.54 Å². The van der Waals surface area contributed by atoms with E-state index in [1.807, 2.05) is 6.07 Å². The topological polar surface area (TPSA) is 45.8 Å². The molecule has 0 atom stereocenters. The highest BCUT2D eigenvalue weighted by atomic mass is 16.1. The Morgan fingerprint density at radius 1 is 1.55 bits per heavy atom. The number of rotatable bonds is 0. The first-order valence-corrected chi connectivity index (χ1v) is 3.46. The predicted molar refractivity (Wildman–Crippen MR) is 38.1 cm³/mol. The van der Waals surface area contributed by atoms with Crippen LogP contribution in [0.25, 0.3) is 0 Å². The normalized spacial score (nSPS) is 14.6. The molecular weight excluding hydrogens is 140 g/mol. The number of hydrogen-bond donors (Lipinski definition) is 0. The molecule has 1 aromatic heterocycles. The Kier molecular flexibility index (Phi) is 1.10. The van der Waals surface area contributed by atoms with Crippen LogP contribution in [0.5, 0.6) is 0 Å². The van der Waals surface area contributed by atoms with Gasteiger partial charge in [0.2, 0.25) is 0 Å². The molecule has 0 N–H and O–H groups in total. The summed E-state index contributed by atoms with van der Waals surface area (Å²) >= 11 is 0. The molecule has 0 aromatic carbocycles. The summed E-state index contributed by atoms with van der Waals surface area (Å²) < 4.78 is 1.77. The molecule has 3 nitrogen and oxygen atoms in total. The summed E-state index contributed by atoms with van der Waals surface area (Å²) in [4.78, 5) is 11.1. The molecule has 0 saturated carbocycles. The lowest BCUT2D eigenvalue weighted by Crippen LogP contribution is -1.95. The summed E-state index contributed by atoms with van der Waals surface area (Å²) in [6, 6.07) is 5.44. The lowest BCUT2D eigenvalue weighted by atomic mass is 10.3. The summed E-state index contributed by atoms with van der Waals surface area (Å²) in [6.07, 6.45) is 0.546. The van der Waals surface area contributed by atoms with E-state index in [2.05, 4.69) is 0 Å². The Morgan fingerprint density at radius 3 is 3.09 bits per heavy atom. The second-order valence-corrected chi connectivity index (χ2v) is 2.54. The van der Waals surface area contributed by atoms with Crippen LogP contribution >= 0.6 is 0 Å². The minimum absolute atomic E-state index is 0.145. The molecular formula is C8H6N2O. The van der Waals surface area contributed by atoms with E-state index >= 15 is 0 Å². The van der Waals surface area contributed by atoms with Crippen molar-refractivity contribution in [2.24, 2.45) is 0 Å². The number of carbonyl (C=O) groups excluding carboxylic acids is 1. The Hall–Kier alpha value is -1.56. The van der Waals surface area contributed by atoms with Crippen LogP contribution in [0.3, 0.4) is 0 Å². The molecule has 3 heteroatoms. The van der Waals surface area contributed by atoms with Crippen molar-refractivity contribution < 1.29 is 4.79 Å². The van der Waals surface area contributed by atoms with Crippen LogP contribution in [0, 0.1) is 11.3 Å². The van der Waals surface area contributed by atoms with Gasteiger partial charge < -0.3 is 4.57 Å². The van der Waals surface area contributed by atoms with E-state index in [9.17, 15) is 4.79 Å². The van der Waals surface area contributed by atoms with Crippen molar-refractivity contribution in [1.82, 2.24) is 4.57 Å². The lowest BCUT2D eigenvalue weighted by molar-refractivity contribution is 0.0994. The van der Waals surface area contributed by atoms with Crippen LogP contribution < -0.4 is 0 Å². The number of nitriles is 1. The van der Waals surface area contributed by atoms with Gasteiger partial charge in [0.25, 0.3) is 0 Å². The van der Waals surface area contributed by atoms with E-state index < -0.39 is 0 Å². The fourth-order valence-electron chi connectivity index (χ4n) is 1.39. The van der Waals surface area contributed by atoms with Crippen LogP contribution in [0.15, 0.2) is 12.1 Å². The zero-order valence-electron chi connectivity index (χ0n) is 5.87. The first-order valence-electron chi connectivity index (χ1n) is 3.46. The van der Waals surface area contributed by atoms with Crippen molar-refractivity contribution in [3.05, 3.63) is 23.5 Å². The van der Waals surface area contributed by atoms with E-state index in [4.69, 9.17) is 5.26 Å². The summed E-state index contributed by atoms with van der Waals surface area (Å²) in [5.74, 6) is 0.145. The SMILES string of the molecule is N#Cc1ccc2n1CCC2=O. The van der Waals surface area contributed by atoms with Gasteiger partial charge in [-0.05, 0) is 12.1 Å². The zero-order chi connectivity index (χ0) is 7.84. The van der Waals surface area contributed by atoms with Crippen LogP contribution in [0.2, 0.25) is 0 Å². The van der Waals surface area contributed by atoms with Crippen molar-refractivity contribution in [3.8, 4) is 6.07 Å². The molecule has 11 heavy (non-hydrogen) atoms. The third-order valence-corrected chi connectivity index (χ3v) is 1.94. The van der Waals surface area contributed by atoms with Gasteiger partial charge in [-0.2, -0.15) is 5.26 Å². The molecule has 2 heterocycles. The Morgan fingerprint density at radius 2 is 2.36 bits per heavy atom. The first-order chi connectivity index (χ1) is 5.33. The number of ketones is 1. The van der Waals surface area contributed by atoms with Gasteiger partial charge in [-0.3, -0.25) is 4.79 Å². The first kappa shape index (κ1) is 6.17. The second-order valence-electron chi connectivity index (χ2n) is 2.54. The number of hydrogen-bond acceptors (Lipinski definition) is 2. The molecule has 0 radical (unpaired) electrons. The molecule has 1 aliphatic heterocycles. The minimum Gasteiger partial charge on any atom is -0.329 e. The molecule has 0 aliphatic carbocycles. The number of fused-ring (bicyclic) bond motifs is 1. The van der Waals surface area contributed by atoms with Crippen molar-refractivity contribution in [3.63, 3.8) is 0 Å². The monoisotopic (exact) mass is 146 g/mol. The standard InChI is InChI=1S/C8H6N2O/c9-5-6-1-2-7-8(11)3-4-10(6)7/h1-2H,3-4H2. The van der Waals surface area contributed by atoms with E-state index in [0.717, 1.165) is 0 Å². The Bertz CT molecular complexity index is 357. The van der Waals surface area contributed by atoms with Crippen molar-refractivity contribution in [2.75, 3.05) is 0 Å². The highest BCUT2D eigenvalue weighted by Gasteiger charge is 2.20. The molecule has 0 saturated heterocycles. The molecule has 0 fully saturated rings. The van der Waals surface area contributed by atoms with Gasteiger partial charge in [0.05, 0.1) is 5.69 Å². The fourth-order valence-corrected chi connectivity index (χ4v) is 1.39. The van der Waals surface area contributed by atoms with E-state index in [1.165, 1.54) is 0 Å². The second kappa shape index (κ2) is 1.96. The van der Waals surface area contributed by atoms with Crippen LogP contribution in [0.4, 0.5) is 0 Å². The maximum Gasteiger partial charge on any atom is 0.181 e. The Labute approximate surface area is 63.9 Å². The summed E-state index contributed by atoms with van der Waals surface area (Å²) in [7, 11) is 0. The summed E-state index contributed by atoms with van der Waals surface area (Å²) in [5, 5.41) is 8.59. The van der Waals surface area contributed by atoms with Gasteiger partial charge in [0.15, 0.2) is 5.78 Å². The van der Waals surface area contributed by atoms with E-state index in [1.54, 1.807) is 16.7 Å². The third-order valence-electron chi connectivity index (χ3n) is 1.94. The predicted octanol–water partition coefficient (Wildman–Crippen LogP) is 0.946. The van der Waals surface area contributed by atoms with Crippen molar-refractivity contribution in [1.29, 1.82) is 5.26 Å². The largest absolute Gasteiger partial charge is 0.329 e.